The van der Waals surface area contributed by atoms with E-state index in [0.29, 0.717) is 35.9 Å². The van der Waals surface area contributed by atoms with Gasteiger partial charge in [0.25, 0.3) is 0 Å². The summed E-state index contributed by atoms with van der Waals surface area (Å²) in [5, 5.41) is 3.00. The first-order valence-electron chi connectivity index (χ1n) is 11.6. The SMILES string of the molecule is CCOC(=O)C1=C(CN2CCN(CC)CC2)N(CC)C(=O)NC1c1ccc(OC)c(OC)c1. The minimum Gasteiger partial charge on any atom is -0.493 e. The second-order valence-corrected chi connectivity index (χ2v) is 8.03. The van der Waals surface area contributed by atoms with Crippen LogP contribution in [0.2, 0.25) is 0 Å². The van der Waals surface area contributed by atoms with Crippen LogP contribution in [0.25, 0.3) is 0 Å². The van der Waals surface area contributed by atoms with Crippen LogP contribution in [-0.4, -0.2) is 93.3 Å². The lowest BCUT2D eigenvalue weighted by Crippen LogP contribution is -2.53. The molecular weight excluding hydrogens is 424 g/mol. The van der Waals surface area contributed by atoms with Crippen molar-refractivity contribution in [1.82, 2.24) is 20.0 Å². The number of nitrogens with one attached hydrogen (secondary N) is 1. The van der Waals surface area contributed by atoms with E-state index in [1.807, 2.05) is 13.0 Å². The quantitative estimate of drug-likeness (QED) is 0.566. The van der Waals surface area contributed by atoms with E-state index in [9.17, 15) is 9.59 Å². The first-order chi connectivity index (χ1) is 16.0. The summed E-state index contributed by atoms with van der Waals surface area (Å²) in [6.45, 7) is 11.8. The molecule has 0 saturated carbocycles. The average molecular weight is 461 g/mol. The zero-order chi connectivity index (χ0) is 24.0. The molecule has 1 aromatic carbocycles. The second kappa shape index (κ2) is 11.4. The highest BCUT2D eigenvalue weighted by Crippen LogP contribution is 2.36. The molecule has 2 aliphatic rings. The summed E-state index contributed by atoms with van der Waals surface area (Å²) in [5.74, 6) is 0.690. The lowest BCUT2D eigenvalue weighted by molar-refractivity contribution is -0.139. The molecule has 0 aromatic heterocycles. The van der Waals surface area contributed by atoms with Gasteiger partial charge in [0.2, 0.25) is 0 Å². The number of nitrogens with zero attached hydrogens (tertiary/aromatic N) is 3. The van der Waals surface area contributed by atoms with Crippen LogP contribution < -0.4 is 14.8 Å². The molecule has 3 rings (SSSR count). The summed E-state index contributed by atoms with van der Waals surface area (Å²) in [6, 6.07) is 4.53. The summed E-state index contributed by atoms with van der Waals surface area (Å²) in [4.78, 5) is 32.7. The Hall–Kier alpha value is -2.78. The molecule has 1 fully saturated rings. The van der Waals surface area contributed by atoms with Gasteiger partial charge in [-0.3, -0.25) is 9.80 Å². The Bertz CT molecular complexity index is 880. The molecular formula is C24H36N4O5. The van der Waals surface area contributed by atoms with Crippen molar-refractivity contribution in [2.75, 3.05) is 66.6 Å². The second-order valence-electron chi connectivity index (χ2n) is 8.03. The molecule has 9 nitrogen and oxygen atoms in total. The monoisotopic (exact) mass is 460 g/mol. The number of piperazine rings is 1. The highest BCUT2D eigenvalue weighted by molar-refractivity contribution is 5.95. The van der Waals surface area contributed by atoms with Gasteiger partial charge in [0.05, 0.1) is 32.4 Å². The number of amides is 2. The maximum absolute atomic E-state index is 13.2. The van der Waals surface area contributed by atoms with E-state index in [1.54, 1.807) is 38.2 Å². The summed E-state index contributed by atoms with van der Waals surface area (Å²) < 4.78 is 16.3. The maximum Gasteiger partial charge on any atom is 0.338 e. The van der Waals surface area contributed by atoms with Gasteiger partial charge in [0.1, 0.15) is 0 Å². The number of carbonyl (C=O) groups is 2. The Morgan fingerprint density at radius 1 is 1.00 bits per heavy atom. The number of methoxy groups -OCH3 is 2. The van der Waals surface area contributed by atoms with Gasteiger partial charge in [-0.2, -0.15) is 0 Å². The number of rotatable bonds is 9. The Kier molecular flexibility index (Phi) is 8.57. The number of likely N-dealkylation sites (N-methyl/N-ethyl adjacent to an activating group) is 2. The van der Waals surface area contributed by atoms with Gasteiger partial charge in [-0.25, -0.2) is 9.59 Å². The summed E-state index contributed by atoms with van der Waals surface area (Å²) >= 11 is 0. The molecule has 0 radical (unpaired) electrons. The summed E-state index contributed by atoms with van der Waals surface area (Å²) in [6.07, 6.45) is 0. The highest BCUT2D eigenvalue weighted by atomic mass is 16.5. The van der Waals surface area contributed by atoms with Crippen molar-refractivity contribution in [2.24, 2.45) is 0 Å². The Labute approximate surface area is 196 Å². The van der Waals surface area contributed by atoms with Crippen molar-refractivity contribution >= 4 is 12.0 Å². The molecule has 1 unspecified atom stereocenters. The fraction of sp³-hybridized carbons (Fsp3) is 0.583. The molecule has 0 bridgehead atoms. The smallest absolute Gasteiger partial charge is 0.338 e. The Balaban J connectivity index is 2.05. The van der Waals surface area contributed by atoms with Crippen molar-refractivity contribution in [2.45, 2.75) is 26.8 Å². The molecule has 1 atom stereocenters. The minimum atomic E-state index is -0.647. The first kappa shape index (κ1) is 24.9. The molecule has 182 valence electrons. The van der Waals surface area contributed by atoms with Gasteiger partial charge in [-0.05, 0) is 38.1 Å². The summed E-state index contributed by atoms with van der Waals surface area (Å²) in [7, 11) is 3.13. The molecule has 0 spiro atoms. The molecule has 33 heavy (non-hydrogen) atoms. The predicted octanol–water partition coefficient (Wildman–Crippen LogP) is 2.24. The first-order valence-corrected chi connectivity index (χ1v) is 11.6. The number of urea groups is 1. The van der Waals surface area contributed by atoms with Crippen molar-refractivity contribution in [3.8, 4) is 11.5 Å². The average Bonchev–Trinajstić information content (AvgIpc) is 2.84. The maximum atomic E-state index is 13.2. The van der Waals surface area contributed by atoms with Crippen LogP contribution in [0.3, 0.4) is 0 Å². The fourth-order valence-electron chi connectivity index (χ4n) is 4.42. The topological polar surface area (TPSA) is 83.6 Å². The van der Waals surface area contributed by atoms with E-state index in [0.717, 1.165) is 38.3 Å². The van der Waals surface area contributed by atoms with Crippen LogP contribution in [0.4, 0.5) is 4.79 Å². The van der Waals surface area contributed by atoms with E-state index < -0.39 is 12.0 Å². The molecule has 2 amide bonds. The lowest BCUT2D eigenvalue weighted by Gasteiger charge is -2.40. The third-order valence-electron chi connectivity index (χ3n) is 6.28. The van der Waals surface area contributed by atoms with E-state index in [2.05, 4.69) is 22.0 Å². The highest BCUT2D eigenvalue weighted by Gasteiger charge is 2.38. The molecule has 1 aromatic rings. The van der Waals surface area contributed by atoms with Gasteiger partial charge in [-0.1, -0.05) is 13.0 Å². The number of hydrogen-bond acceptors (Lipinski definition) is 7. The molecule has 9 heteroatoms. The number of carbonyl (C=O) groups excluding carboxylic acids is 2. The summed E-state index contributed by atoms with van der Waals surface area (Å²) in [5.41, 5.74) is 1.89. The molecule has 2 aliphatic heterocycles. The van der Waals surface area contributed by atoms with E-state index >= 15 is 0 Å². The number of benzene rings is 1. The van der Waals surface area contributed by atoms with E-state index in [1.165, 1.54) is 0 Å². The van der Waals surface area contributed by atoms with E-state index in [4.69, 9.17) is 14.2 Å². The minimum absolute atomic E-state index is 0.229. The Morgan fingerprint density at radius 3 is 2.24 bits per heavy atom. The van der Waals surface area contributed by atoms with E-state index in [-0.39, 0.29) is 12.6 Å². The molecule has 1 N–H and O–H groups in total. The van der Waals surface area contributed by atoms with Crippen LogP contribution in [-0.2, 0) is 9.53 Å². The zero-order valence-electron chi connectivity index (χ0n) is 20.3. The van der Waals surface area contributed by atoms with Crippen LogP contribution in [0.15, 0.2) is 29.5 Å². The van der Waals surface area contributed by atoms with Crippen molar-refractivity contribution in [3.63, 3.8) is 0 Å². The van der Waals surface area contributed by atoms with Gasteiger partial charge in [-0.15, -0.1) is 0 Å². The van der Waals surface area contributed by atoms with Crippen molar-refractivity contribution in [3.05, 3.63) is 35.0 Å². The third-order valence-corrected chi connectivity index (χ3v) is 6.28. The van der Waals surface area contributed by atoms with Gasteiger partial charge in [0, 0.05) is 45.0 Å². The largest absolute Gasteiger partial charge is 0.493 e. The van der Waals surface area contributed by atoms with Crippen molar-refractivity contribution < 1.29 is 23.8 Å². The zero-order valence-corrected chi connectivity index (χ0v) is 20.3. The lowest BCUT2D eigenvalue weighted by atomic mass is 9.93. The van der Waals surface area contributed by atoms with Crippen LogP contribution in [0, 0.1) is 0 Å². The number of esters is 1. The normalized spacial score (nSPS) is 20.0. The molecule has 2 heterocycles. The van der Waals surface area contributed by atoms with Crippen LogP contribution >= 0.6 is 0 Å². The van der Waals surface area contributed by atoms with Gasteiger partial charge >= 0.3 is 12.0 Å². The molecule has 1 saturated heterocycles. The standard InChI is InChI=1S/C24H36N4O5/c1-6-26-11-13-27(14-12-26)16-18-21(23(29)33-8-3)22(25-24(30)28(18)7-2)17-9-10-19(31-4)20(15-17)32-5/h9-10,15,22H,6-8,11-14,16H2,1-5H3,(H,25,30). The number of ether oxygens (including phenoxy) is 3. The van der Waals surface area contributed by atoms with Crippen molar-refractivity contribution in [1.29, 1.82) is 0 Å². The molecule has 0 aliphatic carbocycles. The van der Waals surface area contributed by atoms with Gasteiger partial charge < -0.3 is 24.4 Å². The third kappa shape index (κ3) is 5.42. The predicted molar refractivity (Wildman–Crippen MR) is 125 cm³/mol. The fourth-order valence-corrected chi connectivity index (χ4v) is 4.42. The van der Waals surface area contributed by atoms with Gasteiger partial charge in [0.15, 0.2) is 11.5 Å². The Morgan fingerprint density at radius 2 is 1.67 bits per heavy atom. The van der Waals surface area contributed by atoms with Crippen LogP contribution in [0.1, 0.15) is 32.4 Å². The van der Waals surface area contributed by atoms with Crippen LogP contribution in [0.5, 0.6) is 11.5 Å². The number of hydrogen-bond donors (Lipinski definition) is 1.